The lowest BCUT2D eigenvalue weighted by atomic mass is 10.1. The zero-order valence-electron chi connectivity index (χ0n) is 25.6. The van der Waals surface area contributed by atoms with Crippen molar-refractivity contribution >= 4 is 39.8 Å². The van der Waals surface area contributed by atoms with Crippen molar-refractivity contribution in [1.29, 1.82) is 0 Å². The summed E-state index contributed by atoms with van der Waals surface area (Å²) in [6.45, 7) is 6.19. The van der Waals surface area contributed by atoms with Crippen molar-refractivity contribution in [3.63, 3.8) is 0 Å². The first-order valence-electron chi connectivity index (χ1n) is 14.1. The summed E-state index contributed by atoms with van der Waals surface area (Å²) in [5, 5.41) is 5.75. The quantitative estimate of drug-likeness (QED) is 0.194. The summed E-state index contributed by atoms with van der Waals surface area (Å²) in [7, 11) is 3.02. The van der Waals surface area contributed by atoms with Gasteiger partial charge in [0.1, 0.15) is 35.4 Å². The third-order valence-corrected chi connectivity index (χ3v) is 7.42. The van der Waals surface area contributed by atoms with Gasteiger partial charge in [-0.2, -0.15) is 0 Å². The van der Waals surface area contributed by atoms with E-state index in [9.17, 15) is 4.79 Å². The van der Waals surface area contributed by atoms with Crippen molar-refractivity contribution in [2.75, 3.05) is 32.6 Å². The molecule has 1 fully saturated rings. The van der Waals surface area contributed by atoms with E-state index in [-0.39, 0.29) is 23.6 Å². The lowest BCUT2D eigenvalue weighted by Gasteiger charge is -2.39. The number of carbonyl (C=O) groups excluding carboxylic acids is 1. The molecule has 2 aromatic carbocycles. The SMILES string of the molecule is COc1ncc(-c2csc(Oc3ccc(Nc4ncnc5cc(OC)c(OC6CN(C(=O)OC(C)(C)C)C6)cc45)c(F)c3)n2)cn1. The number of hydrogen-bond donors (Lipinski definition) is 1. The molecule has 1 aliphatic heterocycles. The summed E-state index contributed by atoms with van der Waals surface area (Å²) >= 11 is 1.26. The van der Waals surface area contributed by atoms with Crippen molar-refractivity contribution in [3.05, 3.63) is 60.3 Å². The Hall–Kier alpha value is -5.31. The monoisotopic (exact) mass is 647 g/mol. The Bertz CT molecular complexity index is 1880. The molecule has 0 saturated carbocycles. The highest BCUT2D eigenvalue weighted by atomic mass is 32.1. The first kappa shape index (κ1) is 30.7. The number of likely N-dealkylation sites (tertiary alicyclic amines) is 1. The molecule has 6 rings (SSSR count). The maximum absolute atomic E-state index is 15.3. The molecule has 1 amide bonds. The number of nitrogens with one attached hydrogen (secondary N) is 1. The summed E-state index contributed by atoms with van der Waals surface area (Å²) in [4.78, 5) is 35.2. The standard InChI is InChI=1S/C31H30FN7O6S/c1-31(2,3)45-30(40)39-13-19(14-39)43-26-9-20-23(10-25(26)41-4)35-16-36-27(20)37-22-7-6-18(8-21(22)32)44-29-38-24(15-46-29)17-11-33-28(42-5)34-12-17/h6-12,15-16,19H,13-14H2,1-5H3,(H,35,36,37). The van der Waals surface area contributed by atoms with E-state index < -0.39 is 17.5 Å². The number of halogens is 1. The van der Waals surface area contributed by atoms with Gasteiger partial charge in [-0.15, -0.1) is 0 Å². The third-order valence-electron chi connectivity index (χ3n) is 6.70. The summed E-state index contributed by atoms with van der Waals surface area (Å²) in [6, 6.07) is 8.13. The fourth-order valence-corrected chi connectivity index (χ4v) is 5.16. The molecule has 1 saturated heterocycles. The van der Waals surface area contributed by atoms with E-state index in [1.807, 2.05) is 20.8 Å². The Labute approximate surface area is 267 Å². The van der Waals surface area contributed by atoms with E-state index in [0.717, 1.165) is 0 Å². The predicted octanol–water partition coefficient (Wildman–Crippen LogP) is 6.23. The smallest absolute Gasteiger partial charge is 0.410 e. The highest BCUT2D eigenvalue weighted by Crippen LogP contribution is 2.37. The van der Waals surface area contributed by atoms with E-state index in [4.69, 9.17) is 23.7 Å². The van der Waals surface area contributed by atoms with Crippen LogP contribution in [0.4, 0.5) is 20.7 Å². The van der Waals surface area contributed by atoms with E-state index in [1.54, 1.807) is 46.9 Å². The maximum atomic E-state index is 15.3. The normalized spacial score (nSPS) is 13.2. The van der Waals surface area contributed by atoms with Gasteiger partial charge in [-0.1, -0.05) is 11.3 Å². The molecule has 0 spiro atoms. The van der Waals surface area contributed by atoms with Gasteiger partial charge in [0.25, 0.3) is 5.19 Å². The first-order valence-corrected chi connectivity index (χ1v) is 15.0. The number of rotatable bonds is 9. The van der Waals surface area contributed by atoms with Crippen LogP contribution in [0.2, 0.25) is 0 Å². The molecule has 0 unspecified atom stereocenters. The maximum Gasteiger partial charge on any atom is 0.410 e. The number of nitrogens with zero attached hydrogens (tertiary/aromatic N) is 6. The molecule has 15 heteroatoms. The largest absolute Gasteiger partial charge is 0.493 e. The number of ether oxygens (including phenoxy) is 5. The zero-order chi connectivity index (χ0) is 32.4. The number of hydrogen-bond acceptors (Lipinski definition) is 13. The average Bonchev–Trinajstić information content (AvgIpc) is 3.47. The Balaban J connectivity index is 1.15. The Morgan fingerprint density at radius 1 is 1.02 bits per heavy atom. The van der Waals surface area contributed by atoms with Crippen LogP contribution >= 0.6 is 11.3 Å². The molecule has 0 aliphatic carbocycles. The van der Waals surface area contributed by atoms with Gasteiger partial charge in [-0.25, -0.2) is 34.1 Å². The topological polar surface area (TPSA) is 143 Å². The third kappa shape index (κ3) is 6.83. The molecular weight excluding hydrogens is 617 g/mol. The van der Waals surface area contributed by atoms with Crippen LogP contribution in [0, 0.1) is 5.82 Å². The molecule has 1 N–H and O–H groups in total. The lowest BCUT2D eigenvalue weighted by Crippen LogP contribution is -2.57. The fraction of sp³-hybridized carbons (Fsp3) is 0.290. The van der Waals surface area contributed by atoms with Crippen LogP contribution in [0.5, 0.6) is 28.5 Å². The minimum atomic E-state index is -0.583. The van der Waals surface area contributed by atoms with Gasteiger partial charge in [0.15, 0.2) is 11.5 Å². The highest BCUT2D eigenvalue weighted by molar-refractivity contribution is 7.11. The fourth-order valence-electron chi connectivity index (χ4n) is 4.46. The van der Waals surface area contributed by atoms with Crippen LogP contribution in [0.15, 0.2) is 54.4 Å². The molecule has 3 aromatic heterocycles. The zero-order valence-corrected chi connectivity index (χ0v) is 26.4. The van der Waals surface area contributed by atoms with Crippen molar-refractivity contribution in [3.8, 4) is 39.7 Å². The molecular formula is C31H30FN7O6S. The Morgan fingerprint density at radius 3 is 2.50 bits per heavy atom. The first-order chi connectivity index (χ1) is 22.1. The minimum absolute atomic E-state index is 0.174. The average molecular weight is 648 g/mol. The van der Waals surface area contributed by atoms with Gasteiger partial charge in [0.05, 0.1) is 44.2 Å². The van der Waals surface area contributed by atoms with Crippen LogP contribution in [0.25, 0.3) is 22.2 Å². The number of amides is 1. The van der Waals surface area contributed by atoms with E-state index in [2.05, 4.69) is 30.2 Å². The lowest BCUT2D eigenvalue weighted by molar-refractivity contribution is -0.0225. The van der Waals surface area contributed by atoms with Gasteiger partial charge in [-0.05, 0) is 39.0 Å². The Morgan fingerprint density at radius 2 is 1.80 bits per heavy atom. The number of carbonyl (C=O) groups is 1. The molecule has 0 radical (unpaired) electrons. The van der Waals surface area contributed by atoms with Gasteiger partial charge >= 0.3 is 12.1 Å². The summed E-state index contributed by atoms with van der Waals surface area (Å²) in [5.74, 6) is 0.968. The van der Waals surface area contributed by atoms with Gasteiger partial charge in [0.2, 0.25) is 0 Å². The number of aromatic nitrogens is 5. The molecule has 0 bridgehead atoms. The molecule has 238 valence electrons. The molecule has 4 heterocycles. The van der Waals surface area contributed by atoms with E-state index in [0.29, 0.717) is 57.8 Å². The second kappa shape index (κ2) is 12.6. The molecule has 5 aromatic rings. The molecule has 0 atom stereocenters. The van der Waals surface area contributed by atoms with Gasteiger partial charge in [-0.3, -0.25) is 0 Å². The number of benzene rings is 2. The number of fused-ring (bicyclic) bond motifs is 1. The van der Waals surface area contributed by atoms with Gasteiger partial charge in [0, 0.05) is 40.9 Å². The number of thiazole rings is 1. The van der Waals surface area contributed by atoms with Crippen LogP contribution in [0.1, 0.15) is 20.8 Å². The summed E-state index contributed by atoms with van der Waals surface area (Å²) < 4.78 is 43.2. The van der Waals surface area contributed by atoms with Gasteiger partial charge < -0.3 is 33.9 Å². The number of methoxy groups -OCH3 is 2. The van der Waals surface area contributed by atoms with E-state index in [1.165, 1.54) is 38.0 Å². The van der Waals surface area contributed by atoms with Crippen molar-refractivity contribution in [2.24, 2.45) is 0 Å². The van der Waals surface area contributed by atoms with Crippen LogP contribution in [-0.2, 0) is 4.74 Å². The highest BCUT2D eigenvalue weighted by Gasteiger charge is 2.35. The summed E-state index contributed by atoms with van der Waals surface area (Å²) in [5.41, 5.74) is 1.47. The molecule has 1 aliphatic rings. The second-order valence-electron chi connectivity index (χ2n) is 11.2. The van der Waals surface area contributed by atoms with Crippen LogP contribution in [-0.4, -0.2) is 74.9 Å². The van der Waals surface area contributed by atoms with Crippen molar-refractivity contribution in [2.45, 2.75) is 32.5 Å². The van der Waals surface area contributed by atoms with Crippen molar-refractivity contribution < 1.29 is 32.9 Å². The van der Waals surface area contributed by atoms with Crippen LogP contribution < -0.4 is 24.3 Å². The second-order valence-corrected chi connectivity index (χ2v) is 12.0. The Kier molecular flexibility index (Phi) is 8.41. The minimum Gasteiger partial charge on any atom is -0.493 e. The van der Waals surface area contributed by atoms with Crippen LogP contribution in [0.3, 0.4) is 0 Å². The molecule has 13 nitrogen and oxygen atoms in total. The van der Waals surface area contributed by atoms with Crippen molar-refractivity contribution in [1.82, 2.24) is 29.8 Å². The molecule has 46 heavy (non-hydrogen) atoms. The number of anilines is 2. The van der Waals surface area contributed by atoms with E-state index >= 15 is 4.39 Å². The predicted molar refractivity (Wildman–Crippen MR) is 168 cm³/mol. The summed E-state index contributed by atoms with van der Waals surface area (Å²) in [6.07, 6.45) is 3.92.